The van der Waals surface area contributed by atoms with Gasteiger partial charge in [0.05, 0.1) is 12.5 Å². The first-order valence-corrected chi connectivity index (χ1v) is 16.2. The van der Waals surface area contributed by atoms with E-state index in [0.29, 0.717) is 6.42 Å². The molecular weight excluding hydrogens is 592 g/mol. The van der Waals surface area contributed by atoms with Gasteiger partial charge in [-0.3, -0.25) is 25.6 Å². The molecule has 1 fully saturated rings. The lowest BCUT2D eigenvalue weighted by molar-refractivity contribution is -0.121. The van der Waals surface area contributed by atoms with E-state index in [1.165, 1.54) is 24.9 Å². The highest BCUT2D eigenvalue weighted by Crippen LogP contribution is 2.33. The Morgan fingerprint density at radius 1 is 0.915 bits per heavy atom. The van der Waals surface area contributed by atoms with Crippen LogP contribution in [-0.2, 0) is 27.2 Å². The van der Waals surface area contributed by atoms with E-state index in [9.17, 15) is 14.4 Å². The first-order valence-electron chi connectivity index (χ1n) is 16.2. The summed E-state index contributed by atoms with van der Waals surface area (Å²) in [5.74, 6) is -0.935. The summed E-state index contributed by atoms with van der Waals surface area (Å²) in [5, 5.41) is 16.7. The molecule has 4 aromatic rings. The predicted octanol–water partition coefficient (Wildman–Crippen LogP) is 6.11. The standard InChI is InChI=1S/C37H44N6O4/c1-37(2,3)47-36(46)42-35(38)41-32(44)19-17-27-24-39-30-18-16-25(22-29(27)30)23-33(45)40-34(26-12-6-4-7-13-26)28-14-8-9-15-31(28)43-20-10-5-11-21-43/h4,6-9,12-16,18,22,24,34,39H,5,10-11,17,19-21,23H2,1-3H3,(H,40,45)(H3,38,41,42,44,46). The van der Waals surface area contributed by atoms with Gasteiger partial charge < -0.3 is 19.9 Å². The molecule has 0 bridgehead atoms. The Morgan fingerprint density at radius 3 is 2.38 bits per heavy atom. The van der Waals surface area contributed by atoms with Crippen LogP contribution < -0.4 is 20.9 Å². The monoisotopic (exact) mass is 636 g/mol. The minimum absolute atomic E-state index is 0.0842. The Bertz CT molecular complexity index is 1720. The average Bonchev–Trinajstić information content (AvgIpc) is 3.44. The number of aryl methyl sites for hydroxylation is 1. The fourth-order valence-corrected chi connectivity index (χ4v) is 5.97. The Kier molecular flexibility index (Phi) is 10.6. The summed E-state index contributed by atoms with van der Waals surface area (Å²) in [4.78, 5) is 43.7. The third-order valence-electron chi connectivity index (χ3n) is 8.09. The summed E-state index contributed by atoms with van der Waals surface area (Å²) >= 11 is 0. The van der Waals surface area contributed by atoms with Crippen molar-refractivity contribution in [3.8, 4) is 0 Å². The lowest BCUT2D eigenvalue weighted by Gasteiger charge is -2.33. The summed E-state index contributed by atoms with van der Waals surface area (Å²) in [6, 6.07) is 24.1. The van der Waals surface area contributed by atoms with Crippen LogP contribution in [0.3, 0.4) is 0 Å². The molecule has 5 rings (SSSR count). The molecule has 47 heavy (non-hydrogen) atoms. The molecule has 10 heteroatoms. The predicted molar refractivity (Wildman–Crippen MR) is 184 cm³/mol. The van der Waals surface area contributed by atoms with Crippen molar-refractivity contribution in [3.63, 3.8) is 0 Å². The number of ether oxygens (including phenoxy) is 1. The second kappa shape index (κ2) is 15.0. The van der Waals surface area contributed by atoms with Crippen LogP contribution in [-0.4, -0.2) is 47.5 Å². The molecule has 3 aromatic carbocycles. The fraction of sp³-hybridized carbons (Fsp3) is 0.351. The molecule has 1 aliphatic rings. The molecule has 1 aromatic heterocycles. The number of carbonyl (C=O) groups is 3. The highest BCUT2D eigenvalue weighted by atomic mass is 16.6. The van der Waals surface area contributed by atoms with E-state index < -0.39 is 23.6 Å². The number of nitrogens with zero attached hydrogens (tertiary/aromatic N) is 1. The topological polar surface area (TPSA) is 139 Å². The summed E-state index contributed by atoms with van der Waals surface area (Å²) in [7, 11) is 0. The van der Waals surface area contributed by atoms with E-state index in [4.69, 9.17) is 10.1 Å². The summed E-state index contributed by atoms with van der Waals surface area (Å²) < 4.78 is 5.12. The number of anilines is 1. The number of carbonyl (C=O) groups excluding carboxylic acids is 3. The van der Waals surface area contributed by atoms with Crippen LogP contribution in [0.2, 0.25) is 0 Å². The number of rotatable bonds is 9. The van der Waals surface area contributed by atoms with Crippen molar-refractivity contribution in [2.45, 2.75) is 70.9 Å². The number of nitrogens with one attached hydrogen (secondary N) is 5. The van der Waals surface area contributed by atoms with Gasteiger partial charge in [-0.15, -0.1) is 0 Å². The number of alkyl carbamates (subject to hydrolysis) is 1. The summed E-state index contributed by atoms with van der Waals surface area (Å²) in [5.41, 5.74) is 5.25. The van der Waals surface area contributed by atoms with E-state index in [1.54, 1.807) is 20.8 Å². The molecule has 1 aliphatic heterocycles. The van der Waals surface area contributed by atoms with Crippen LogP contribution in [0.1, 0.15) is 74.8 Å². The number of hydrogen-bond acceptors (Lipinski definition) is 6. The molecule has 3 amide bonds. The number of amides is 3. The molecule has 0 radical (unpaired) electrons. The second-order valence-corrected chi connectivity index (χ2v) is 12.9. The van der Waals surface area contributed by atoms with Crippen molar-refractivity contribution in [3.05, 3.63) is 101 Å². The van der Waals surface area contributed by atoms with Crippen molar-refractivity contribution >= 4 is 40.5 Å². The third-order valence-corrected chi connectivity index (χ3v) is 8.09. The van der Waals surface area contributed by atoms with Crippen LogP contribution in [0.25, 0.3) is 10.9 Å². The number of benzene rings is 3. The molecule has 1 saturated heterocycles. The Balaban J connectivity index is 1.25. The van der Waals surface area contributed by atoms with Crippen LogP contribution in [0.4, 0.5) is 10.5 Å². The Labute approximate surface area is 275 Å². The van der Waals surface area contributed by atoms with Gasteiger partial charge in [-0.25, -0.2) is 4.79 Å². The largest absolute Gasteiger partial charge is 0.444 e. The average molecular weight is 637 g/mol. The molecule has 0 aliphatic carbocycles. The number of piperidine rings is 1. The lowest BCUT2D eigenvalue weighted by atomic mass is 9.95. The summed E-state index contributed by atoms with van der Waals surface area (Å²) in [6.07, 6.45) is 5.34. The molecular formula is C37H44N6O4. The minimum atomic E-state index is -0.808. The second-order valence-electron chi connectivity index (χ2n) is 12.9. The van der Waals surface area contributed by atoms with E-state index in [2.05, 4.69) is 56.2 Å². The highest BCUT2D eigenvalue weighted by molar-refractivity contribution is 6.01. The van der Waals surface area contributed by atoms with Gasteiger partial charge in [0.2, 0.25) is 17.8 Å². The molecule has 5 N–H and O–H groups in total. The number of fused-ring (bicyclic) bond motifs is 1. The Hall–Kier alpha value is -5.12. The van der Waals surface area contributed by atoms with Gasteiger partial charge in [0.15, 0.2) is 0 Å². The molecule has 0 saturated carbocycles. The van der Waals surface area contributed by atoms with Crippen molar-refractivity contribution in [1.82, 2.24) is 20.9 Å². The normalized spacial score (nSPS) is 13.9. The van der Waals surface area contributed by atoms with Gasteiger partial charge in [0.25, 0.3) is 0 Å². The lowest BCUT2D eigenvalue weighted by Crippen LogP contribution is -2.45. The number of guanidine groups is 1. The van der Waals surface area contributed by atoms with Gasteiger partial charge in [-0.1, -0.05) is 54.6 Å². The molecule has 1 atom stereocenters. The van der Waals surface area contributed by atoms with Gasteiger partial charge in [0.1, 0.15) is 5.60 Å². The highest BCUT2D eigenvalue weighted by Gasteiger charge is 2.23. The van der Waals surface area contributed by atoms with E-state index in [1.807, 2.05) is 48.7 Å². The first-order chi connectivity index (χ1) is 22.6. The molecule has 1 unspecified atom stereocenters. The minimum Gasteiger partial charge on any atom is -0.444 e. The Morgan fingerprint density at radius 2 is 1.64 bits per heavy atom. The third kappa shape index (κ3) is 9.22. The van der Waals surface area contributed by atoms with Gasteiger partial charge in [-0.05, 0) is 81.3 Å². The summed E-state index contributed by atoms with van der Waals surface area (Å²) in [6.45, 7) is 7.17. The number of para-hydroxylation sites is 1. The maximum atomic E-state index is 13.6. The zero-order chi connectivity index (χ0) is 33.4. The maximum absolute atomic E-state index is 13.6. The van der Waals surface area contributed by atoms with Crippen molar-refractivity contribution in [2.75, 3.05) is 18.0 Å². The smallest absolute Gasteiger partial charge is 0.414 e. The molecule has 10 nitrogen and oxygen atoms in total. The van der Waals surface area contributed by atoms with Crippen LogP contribution in [0.15, 0.2) is 79.0 Å². The van der Waals surface area contributed by atoms with Gasteiger partial charge >= 0.3 is 6.09 Å². The first kappa shape index (κ1) is 33.2. The fourth-order valence-electron chi connectivity index (χ4n) is 5.97. The molecule has 246 valence electrons. The zero-order valence-corrected chi connectivity index (χ0v) is 27.3. The number of H-pyrrole nitrogens is 1. The van der Waals surface area contributed by atoms with E-state index >= 15 is 0 Å². The number of aromatic amines is 1. The van der Waals surface area contributed by atoms with Crippen molar-refractivity contribution in [1.29, 1.82) is 5.41 Å². The quantitative estimate of drug-likeness (QED) is 0.111. The van der Waals surface area contributed by atoms with Crippen molar-refractivity contribution < 1.29 is 19.1 Å². The zero-order valence-electron chi connectivity index (χ0n) is 27.3. The van der Waals surface area contributed by atoms with Gasteiger partial charge in [-0.2, -0.15) is 0 Å². The molecule has 0 spiro atoms. The number of aromatic nitrogens is 1. The number of hydrogen-bond donors (Lipinski definition) is 5. The maximum Gasteiger partial charge on any atom is 0.414 e. The van der Waals surface area contributed by atoms with Gasteiger partial charge in [0, 0.05) is 47.9 Å². The van der Waals surface area contributed by atoms with Crippen LogP contribution in [0, 0.1) is 5.41 Å². The van der Waals surface area contributed by atoms with E-state index in [-0.39, 0.29) is 24.8 Å². The SMILES string of the molecule is CC(C)(C)OC(=O)NC(=N)NC(=O)CCc1c[nH]c2ccc(CC(=O)NC(c3ccccc3)c3ccccc3N3CCCCC3)cc12. The molecule has 2 heterocycles. The van der Waals surface area contributed by atoms with Crippen molar-refractivity contribution in [2.24, 2.45) is 0 Å². The van der Waals surface area contributed by atoms with Crippen LogP contribution >= 0.6 is 0 Å². The van der Waals surface area contributed by atoms with Crippen LogP contribution in [0.5, 0.6) is 0 Å². The van der Waals surface area contributed by atoms with E-state index in [0.717, 1.165) is 46.2 Å².